The topological polar surface area (TPSA) is 89.5 Å². The van der Waals surface area contributed by atoms with Gasteiger partial charge in [-0.3, -0.25) is 14.9 Å². The van der Waals surface area contributed by atoms with Crippen molar-refractivity contribution in [1.82, 2.24) is 4.90 Å². The van der Waals surface area contributed by atoms with Crippen LogP contribution in [0.15, 0.2) is 18.2 Å². The predicted octanol–water partition coefficient (Wildman–Crippen LogP) is 2.07. The van der Waals surface area contributed by atoms with Crippen molar-refractivity contribution in [3.63, 3.8) is 0 Å². The summed E-state index contributed by atoms with van der Waals surface area (Å²) in [6, 6.07) is 4.73. The van der Waals surface area contributed by atoms with Crippen molar-refractivity contribution in [2.24, 2.45) is 5.73 Å². The second kappa shape index (κ2) is 5.44. The number of hydrogen-bond acceptors (Lipinski definition) is 4. The van der Waals surface area contributed by atoms with Gasteiger partial charge >= 0.3 is 0 Å². The molecular weight excluding hydrogens is 270 g/mol. The van der Waals surface area contributed by atoms with Crippen LogP contribution >= 0.6 is 0 Å². The number of nitro groups is 1. The Morgan fingerprint density at radius 2 is 2.10 bits per heavy atom. The molecule has 0 aliphatic carbocycles. The quantitative estimate of drug-likeness (QED) is 0.667. The van der Waals surface area contributed by atoms with E-state index in [-0.39, 0.29) is 23.1 Å². The second-order valence-electron chi connectivity index (χ2n) is 6.54. The molecule has 1 fully saturated rings. The lowest BCUT2D eigenvalue weighted by molar-refractivity contribution is -0.386. The molecule has 0 unspecified atom stereocenters. The van der Waals surface area contributed by atoms with E-state index in [1.54, 1.807) is 17.0 Å². The highest BCUT2D eigenvalue weighted by Crippen LogP contribution is 2.32. The minimum atomic E-state index is -0.424. The van der Waals surface area contributed by atoms with Crippen LogP contribution in [0.2, 0.25) is 0 Å². The average molecular weight is 291 g/mol. The number of nitrogens with zero attached hydrogens (tertiary/aromatic N) is 2. The third-order valence-corrected chi connectivity index (χ3v) is 3.76. The molecule has 0 radical (unpaired) electrons. The standard InChI is InChI=1S/C15H21N3O3/c1-15(2,3)12-5-4-10(8-13(12)18(20)21)14(19)17-7-6-11(16)9-17/h4-5,8,11H,6-7,9,16H2,1-3H3/t11-/m1/s1. The van der Waals surface area contributed by atoms with Crippen molar-refractivity contribution in [3.05, 3.63) is 39.4 Å². The summed E-state index contributed by atoms with van der Waals surface area (Å²) in [5.74, 6) is -0.188. The fraction of sp³-hybridized carbons (Fsp3) is 0.533. The van der Waals surface area contributed by atoms with Crippen LogP contribution in [0.3, 0.4) is 0 Å². The second-order valence-corrected chi connectivity index (χ2v) is 6.54. The van der Waals surface area contributed by atoms with Crippen LogP contribution in [-0.2, 0) is 5.41 Å². The van der Waals surface area contributed by atoms with Gasteiger partial charge in [0.05, 0.1) is 4.92 Å². The highest BCUT2D eigenvalue weighted by atomic mass is 16.6. The van der Waals surface area contributed by atoms with Gasteiger partial charge in [-0.2, -0.15) is 0 Å². The highest BCUT2D eigenvalue weighted by Gasteiger charge is 2.29. The zero-order valence-corrected chi connectivity index (χ0v) is 12.6. The van der Waals surface area contributed by atoms with E-state index in [1.165, 1.54) is 6.07 Å². The van der Waals surface area contributed by atoms with E-state index in [0.29, 0.717) is 24.2 Å². The van der Waals surface area contributed by atoms with Crippen LogP contribution in [0, 0.1) is 10.1 Å². The summed E-state index contributed by atoms with van der Waals surface area (Å²) >= 11 is 0. The molecule has 1 heterocycles. The summed E-state index contributed by atoms with van der Waals surface area (Å²) in [5.41, 5.74) is 6.43. The van der Waals surface area contributed by atoms with Crippen LogP contribution in [-0.4, -0.2) is 34.9 Å². The smallest absolute Gasteiger partial charge is 0.273 e. The lowest BCUT2D eigenvalue weighted by Crippen LogP contribution is -2.32. The van der Waals surface area contributed by atoms with Crippen LogP contribution in [0.1, 0.15) is 43.1 Å². The Morgan fingerprint density at radius 3 is 2.57 bits per heavy atom. The zero-order chi connectivity index (χ0) is 15.8. The van der Waals surface area contributed by atoms with Gasteiger partial charge in [0, 0.05) is 36.3 Å². The normalized spacial score (nSPS) is 18.9. The molecule has 0 aromatic heterocycles. The van der Waals surface area contributed by atoms with Crippen LogP contribution in [0.25, 0.3) is 0 Å². The monoisotopic (exact) mass is 291 g/mol. The summed E-state index contributed by atoms with van der Waals surface area (Å²) in [7, 11) is 0. The highest BCUT2D eigenvalue weighted by molar-refractivity contribution is 5.95. The Labute approximate surface area is 124 Å². The summed E-state index contributed by atoms with van der Waals surface area (Å²) < 4.78 is 0. The van der Waals surface area contributed by atoms with E-state index < -0.39 is 4.92 Å². The number of rotatable bonds is 2. The van der Waals surface area contributed by atoms with Crippen LogP contribution in [0.5, 0.6) is 0 Å². The average Bonchev–Trinajstić information content (AvgIpc) is 2.82. The van der Waals surface area contributed by atoms with E-state index in [0.717, 1.165) is 6.42 Å². The summed E-state index contributed by atoms with van der Waals surface area (Å²) in [6.07, 6.45) is 0.772. The molecule has 1 aliphatic rings. The molecule has 6 heteroatoms. The van der Waals surface area contributed by atoms with Gasteiger partial charge in [0.15, 0.2) is 0 Å². The molecule has 0 bridgehead atoms. The first-order chi connectivity index (χ1) is 9.70. The Morgan fingerprint density at radius 1 is 1.43 bits per heavy atom. The van der Waals surface area contributed by atoms with Gasteiger partial charge in [0.25, 0.3) is 11.6 Å². The number of likely N-dealkylation sites (tertiary alicyclic amines) is 1. The largest absolute Gasteiger partial charge is 0.337 e. The Kier molecular flexibility index (Phi) is 4.00. The van der Waals surface area contributed by atoms with Gasteiger partial charge in [-0.05, 0) is 17.9 Å². The van der Waals surface area contributed by atoms with E-state index >= 15 is 0 Å². The first-order valence-electron chi connectivity index (χ1n) is 7.04. The fourth-order valence-electron chi connectivity index (χ4n) is 2.60. The predicted molar refractivity (Wildman–Crippen MR) is 80.3 cm³/mol. The molecule has 21 heavy (non-hydrogen) atoms. The SMILES string of the molecule is CC(C)(C)c1ccc(C(=O)N2CC[C@@H](N)C2)cc1[N+](=O)[O-]. The molecule has 6 nitrogen and oxygen atoms in total. The molecule has 1 amide bonds. The molecule has 1 aromatic rings. The van der Waals surface area contributed by atoms with E-state index in [9.17, 15) is 14.9 Å². The third kappa shape index (κ3) is 3.21. The molecule has 114 valence electrons. The number of carbonyl (C=O) groups excluding carboxylic acids is 1. The molecule has 2 rings (SSSR count). The van der Waals surface area contributed by atoms with Crippen LogP contribution in [0.4, 0.5) is 5.69 Å². The van der Waals surface area contributed by atoms with Crippen molar-refractivity contribution in [1.29, 1.82) is 0 Å². The third-order valence-electron chi connectivity index (χ3n) is 3.76. The molecule has 0 spiro atoms. The van der Waals surface area contributed by atoms with Gasteiger partial charge < -0.3 is 10.6 Å². The minimum absolute atomic E-state index is 0.00205. The number of carbonyl (C=O) groups is 1. The van der Waals surface area contributed by atoms with Crippen molar-refractivity contribution in [3.8, 4) is 0 Å². The fourth-order valence-corrected chi connectivity index (χ4v) is 2.60. The van der Waals surface area contributed by atoms with Gasteiger partial charge in [-0.15, -0.1) is 0 Å². The number of hydrogen-bond donors (Lipinski definition) is 1. The Bertz CT molecular complexity index is 578. The Hall–Kier alpha value is -1.95. The first kappa shape index (κ1) is 15.4. The molecule has 0 saturated carbocycles. The maximum atomic E-state index is 12.4. The lowest BCUT2D eigenvalue weighted by atomic mass is 9.85. The van der Waals surface area contributed by atoms with E-state index in [1.807, 2.05) is 20.8 Å². The molecule has 2 N–H and O–H groups in total. The first-order valence-corrected chi connectivity index (χ1v) is 7.04. The van der Waals surface area contributed by atoms with Crippen molar-refractivity contribution < 1.29 is 9.72 Å². The summed E-state index contributed by atoms with van der Waals surface area (Å²) in [4.78, 5) is 24.9. The Balaban J connectivity index is 2.36. The molecule has 1 atom stereocenters. The minimum Gasteiger partial charge on any atom is -0.337 e. The van der Waals surface area contributed by atoms with Gasteiger partial charge in [0.1, 0.15) is 0 Å². The summed E-state index contributed by atoms with van der Waals surface area (Å²) in [5, 5.41) is 11.3. The van der Waals surface area contributed by atoms with Gasteiger partial charge in [-0.1, -0.05) is 26.8 Å². The van der Waals surface area contributed by atoms with E-state index in [2.05, 4.69) is 0 Å². The van der Waals surface area contributed by atoms with Gasteiger partial charge in [0.2, 0.25) is 0 Å². The molecule has 1 aliphatic heterocycles. The number of benzene rings is 1. The maximum Gasteiger partial charge on any atom is 0.273 e. The number of amides is 1. The number of nitro benzene ring substituents is 1. The van der Waals surface area contributed by atoms with Crippen molar-refractivity contribution >= 4 is 11.6 Å². The van der Waals surface area contributed by atoms with Crippen molar-refractivity contribution in [2.75, 3.05) is 13.1 Å². The molecule has 1 saturated heterocycles. The van der Waals surface area contributed by atoms with E-state index in [4.69, 9.17) is 5.73 Å². The zero-order valence-electron chi connectivity index (χ0n) is 12.6. The molecule has 1 aromatic carbocycles. The lowest BCUT2D eigenvalue weighted by Gasteiger charge is -2.20. The molecular formula is C15H21N3O3. The van der Waals surface area contributed by atoms with Crippen molar-refractivity contribution in [2.45, 2.75) is 38.6 Å². The summed E-state index contributed by atoms with van der Waals surface area (Å²) in [6.45, 7) is 6.85. The number of nitrogens with two attached hydrogens (primary N) is 1. The van der Waals surface area contributed by atoms with Crippen LogP contribution < -0.4 is 5.73 Å². The van der Waals surface area contributed by atoms with Gasteiger partial charge in [-0.25, -0.2) is 0 Å². The maximum absolute atomic E-state index is 12.4.